The molecule has 2 aromatic rings. The van der Waals surface area contributed by atoms with E-state index in [9.17, 15) is 13.2 Å². The smallest absolute Gasteiger partial charge is 0.243 e. The van der Waals surface area contributed by atoms with Crippen LogP contribution in [-0.2, 0) is 21.4 Å². The molecule has 2 heterocycles. The predicted molar refractivity (Wildman–Crippen MR) is 103 cm³/mol. The lowest BCUT2D eigenvalue weighted by Crippen LogP contribution is -2.42. The molecule has 6 nitrogen and oxygen atoms in total. The van der Waals surface area contributed by atoms with E-state index in [4.69, 9.17) is 0 Å². The van der Waals surface area contributed by atoms with Crippen LogP contribution in [0.2, 0.25) is 0 Å². The number of sulfonamides is 1. The highest BCUT2D eigenvalue weighted by atomic mass is 32.2. The Kier molecular flexibility index (Phi) is 5.92. The van der Waals surface area contributed by atoms with Crippen molar-refractivity contribution < 1.29 is 13.2 Å². The summed E-state index contributed by atoms with van der Waals surface area (Å²) in [6, 6.07) is 12.6. The monoisotopic (exact) mass is 387 g/mol. The van der Waals surface area contributed by atoms with Crippen LogP contribution in [0.3, 0.4) is 0 Å². The first-order chi connectivity index (χ1) is 12.9. The fourth-order valence-corrected chi connectivity index (χ4v) is 4.71. The molecule has 0 spiro atoms. The molecule has 0 aliphatic carbocycles. The van der Waals surface area contributed by atoms with Crippen molar-refractivity contribution in [2.24, 2.45) is 5.92 Å². The molecule has 1 N–H and O–H groups in total. The second kappa shape index (κ2) is 8.19. The number of nitrogens with zero attached hydrogens (tertiary/aromatic N) is 2. The van der Waals surface area contributed by atoms with Gasteiger partial charge in [0.2, 0.25) is 15.9 Å². The number of carbonyl (C=O) groups excluding carboxylic acids is 1. The Morgan fingerprint density at radius 3 is 2.41 bits per heavy atom. The first-order valence-electron chi connectivity index (χ1n) is 9.13. The lowest BCUT2D eigenvalue weighted by atomic mass is 9.97. The van der Waals surface area contributed by atoms with Crippen molar-refractivity contribution in [3.05, 3.63) is 59.4 Å². The third-order valence-electron chi connectivity index (χ3n) is 4.87. The number of hydrogen-bond donors (Lipinski definition) is 1. The summed E-state index contributed by atoms with van der Waals surface area (Å²) in [5, 5.41) is 2.92. The van der Waals surface area contributed by atoms with Crippen LogP contribution < -0.4 is 5.32 Å². The van der Waals surface area contributed by atoms with E-state index in [1.54, 1.807) is 24.3 Å². The van der Waals surface area contributed by atoms with Crippen LogP contribution in [0.15, 0.2) is 47.4 Å². The number of pyridine rings is 1. The third-order valence-corrected chi connectivity index (χ3v) is 6.79. The van der Waals surface area contributed by atoms with Crippen LogP contribution >= 0.6 is 0 Å². The van der Waals surface area contributed by atoms with Crippen molar-refractivity contribution in [3.63, 3.8) is 0 Å². The van der Waals surface area contributed by atoms with Gasteiger partial charge in [-0.15, -0.1) is 0 Å². The van der Waals surface area contributed by atoms with Crippen LogP contribution in [-0.4, -0.2) is 36.7 Å². The minimum Gasteiger partial charge on any atom is -0.350 e. The van der Waals surface area contributed by atoms with E-state index in [0.717, 1.165) is 17.0 Å². The summed E-state index contributed by atoms with van der Waals surface area (Å²) in [6.07, 6.45) is 1.05. The van der Waals surface area contributed by atoms with Crippen molar-refractivity contribution in [1.29, 1.82) is 0 Å². The highest BCUT2D eigenvalue weighted by molar-refractivity contribution is 7.89. The molecule has 1 aliphatic rings. The molecule has 27 heavy (non-hydrogen) atoms. The van der Waals surface area contributed by atoms with Gasteiger partial charge < -0.3 is 5.32 Å². The van der Waals surface area contributed by atoms with Crippen LogP contribution in [0.25, 0.3) is 0 Å². The molecule has 0 radical (unpaired) electrons. The molecule has 1 aliphatic heterocycles. The summed E-state index contributed by atoms with van der Waals surface area (Å²) >= 11 is 0. The summed E-state index contributed by atoms with van der Waals surface area (Å²) in [4.78, 5) is 17.1. The molecule has 3 rings (SSSR count). The molecular weight excluding hydrogens is 362 g/mol. The average Bonchev–Trinajstić information content (AvgIpc) is 2.66. The molecule has 1 aromatic heterocycles. The first-order valence-corrected chi connectivity index (χ1v) is 10.6. The molecular formula is C20H25N3O3S. The minimum absolute atomic E-state index is 0.0364. The van der Waals surface area contributed by atoms with Crippen molar-refractivity contribution in [1.82, 2.24) is 14.6 Å². The molecule has 1 fully saturated rings. The maximum absolute atomic E-state index is 12.7. The number of carbonyl (C=O) groups is 1. The minimum atomic E-state index is -3.50. The highest BCUT2D eigenvalue weighted by Gasteiger charge is 2.31. The van der Waals surface area contributed by atoms with Gasteiger partial charge in [-0.2, -0.15) is 4.31 Å². The second-order valence-corrected chi connectivity index (χ2v) is 8.92. The first kappa shape index (κ1) is 19.5. The van der Waals surface area contributed by atoms with Gasteiger partial charge in [0, 0.05) is 24.7 Å². The maximum Gasteiger partial charge on any atom is 0.243 e. The van der Waals surface area contributed by atoms with Gasteiger partial charge >= 0.3 is 0 Å². The van der Waals surface area contributed by atoms with Gasteiger partial charge in [-0.05, 0) is 51.0 Å². The zero-order valence-electron chi connectivity index (χ0n) is 15.7. The third kappa shape index (κ3) is 4.73. The van der Waals surface area contributed by atoms with Gasteiger partial charge in [-0.3, -0.25) is 9.78 Å². The number of piperidine rings is 1. The summed E-state index contributed by atoms with van der Waals surface area (Å²) < 4.78 is 26.9. The SMILES string of the molecule is Cc1ccc(S(=O)(=O)N2CCC(C(=O)NCc3cccc(C)n3)CC2)cc1. The fraction of sp³-hybridized carbons (Fsp3) is 0.400. The second-order valence-electron chi connectivity index (χ2n) is 6.98. The molecule has 0 atom stereocenters. The van der Waals surface area contributed by atoms with Gasteiger partial charge in [-0.1, -0.05) is 23.8 Å². The Hall–Kier alpha value is -2.25. The maximum atomic E-state index is 12.7. The lowest BCUT2D eigenvalue weighted by Gasteiger charge is -2.30. The summed E-state index contributed by atoms with van der Waals surface area (Å²) in [5.41, 5.74) is 2.76. The number of amides is 1. The zero-order valence-corrected chi connectivity index (χ0v) is 16.5. The van der Waals surface area contributed by atoms with E-state index < -0.39 is 10.0 Å². The summed E-state index contributed by atoms with van der Waals surface area (Å²) in [6.45, 7) is 4.94. The van der Waals surface area contributed by atoms with Crippen LogP contribution in [0.1, 0.15) is 29.8 Å². The number of aromatic nitrogens is 1. The quantitative estimate of drug-likeness (QED) is 0.854. The number of rotatable bonds is 5. The van der Waals surface area contributed by atoms with Gasteiger partial charge in [0.1, 0.15) is 0 Å². The number of hydrogen-bond acceptors (Lipinski definition) is 4. The van der Waals surface area contributed by atoms with Gasteiger partial charge in [0.05, 0.1) is 17.1 Å². The largest absolute Gasteiger partial charge is 0.350 e. The molecule has 0 bridgehead atoms. The molecule has 1 saturated heterocycles. The predicted octanol–water partition coefficient (Wildman–Crippen LogP) is 2.42. The topological polar surface area (TPSA) is 79.4 Å². The normalized spacial score (nSPS) is 16.2. The number of aryl methyl sites for hydroxylation is 2. The fourth-order valence-electron chi connectivity index (χ4n) is 3.24. The standard InChI is InChI=1S/C20H25N3O3S/c1-15-6-8-19(9-7-15)27(25,26)23-12-10-17(11-13-23)20(24)21-14-18-5-3-4-16(2)22-18/h3-9,17H,10-14H2,1-2H3,(H,21,24). The van der Waals surface area contributed by atoms with Gasteiger partial charge in [0.25, 0.3) is 0 Å². The van der Waals surface area contributed by atoms with E-state index in [2.05, 4.69) is 10.3 Å². The van der Waals surface area contributed by atoms with E-state index in [-0.39, 0.29) is 11.8 Å². The van der Waals surface area contributed by atoms with Crippen molar-refractivity contribution >= 4 is 15.9 Å². The van der Waals surface area contributed by atoms with E-state index in [1.807, 2.05) is 32.0 Å². The Morgan fingerprint density at radius 1 is 1.11 bits per heavy atom. The lowest BCUT2D eigenvalue weighted by molar-refractivity contribution is -0.126. The number of benzene rings is 1. The Balaban J connectivity index is 1.55. The molecule has 1 amide bonds. The van der Waals surface area contributed by atoms with Crippen molar-refractivity contribution in [3.8, 4) is 0 Å². The Bertz CT molecular complexity index is 902. The van der Waals surface area contributed by atoms with Crippen molar-refractivity contribution in [2.75, 3.05) is 13.1 Å². The van der Waals surface area contributed by atoms with E-state index in [1.165, 1.54) is 4.31 Å². The molecule has 1 aromatic carbocycles. The number of nitrogens with one attached hydrogen (secondary N) is 1. The molecule has 0 saturated carbocycles. The van der Waals surface area contributed by atoms with Gasteiger partial charge in [0.15, 0.2) is 0 Å². The Labute approximate surface area is 160 Å². The average molecular weight is 388 g/mol. The van der Waals surface area contributed by atoms with Crippen LogP contribution in [0, 0.1) is 19.8 Å². The van der Waals surface area contributed by atoms with Crippen LogP contribution in [0.5, 0.6) is 0 Å². The summed E-state index contributed by atoms with van der Waals surface area (Å²) in [5.74, 6) is -0.204. The zero-order chi connectivity index (χ0) is 19.4. The van der Waals surface area contributed by atoms with Gasteiger partial charge in [-0.25, -0.2) is 8.42 Å². The van der Waals surface area contributed by atoms with E-state index in [0.29, 0.717) is 37.4 Å². The Morgan fingerprint density at radius 2 is 1.78 bits per heavy atom. The molecule has 7 heteroatoms. The van der Waals surface area contributed by atoms with E-state index >= 15 is 0 Å². The summed E-state index contributed by atoms with van der Waals surface area (Å²) in [7, 11) is -3.50. The highest BCUT2D eigenvalue weighted by Crippen LogP contribution is 2.24. The molecule has 144 valence electrons. The van der Waals surface area contributed by atoms with Crippen molar-refractivity contribution in [2.45, 2.75) is 38.1 Å². The molecule has 0 unspecified atom stereocenters. The van der Waals surface area contributed by atoms with Crippen LogP contribution in [0.4, 0.5) is 0 Å².